The molecule has 1 aromatic heterocycles. The fourth-order valence-corrected chi connectivity index (χ4v) is 2.82. The summed E-state index contributed by atoms with van der Waals surface area (Å²) in [5.41, 5.74) is 6.91. The highest BCUT2D eigenvalue weighted by Crippen LogP contribution is 2.22. The van der Waals surface area contributed by atoms with Crippen LogP contribution < -0.4 is 11.1 Å². The summed E-state index contributed by atoms with van der Waals surface area (Å²) < 4.78 is 0. The second-order valence-electron chi connectivity index (χ2n) is 6.81. The number of carbonyl (C=O) groups excluding carboxylic acids is 3. The summed E-state index contributed by atoms with van der Waals surface area (Å²) in [6.45, 7) is 6.33. The Hall–Kier alpha value is -2.51. The van der Waals surface area contributed by atoms with E-state index in [4.69, 9.17) is 5.73 Å². The van der Waals surface area contributed by atoms with Gasteiger partial charge in [-0.2, -0.15) is 0 Å². The van der Waals surface area contributed by atoms with Crippen LogP contribution in [-0.4, -0.2) is 38.6 Å². The zero-order valence-electron chi connectivity index (χ0n) is 14.9. The molecule has 3 amide bonds. The van der Waals surface area contributed by atoms with E-state index in [1.807, 2.05) is 0 Å². The zero-order chi connectivity index (χ0) is 18.6. The Kier molecular flexibility index (Phi) is 6.06. The standard InChI is InChI=1S/C17H25N5O3/c1-10(2)6-16-19-7-12-8-22(9-14(12)21-16)17(25)13(20-11(3)23)4-5-15(18)24/h7,10,13H,4-6,8-9H2,1-3H3,(H2,18,24)(H,20,23)/t13-/m0/s1. The molecule has 0 radical (unpaired) electrons. The SMILES string of the molecule is CC(=O)N[C@@H](CCC(N)=O)C(=O)N1Cc2cnc(CC(C)C)nc2C1. The van der Waals surface area contributed by atoms with Gasteiger partial charge in [-0.3, -0.25) is 14.4 Å². The van der Waals surface area contributed by atoms with Crippen LogP contribution in [0.25, 0.3) is 0 Å². The first-order chi connectivity index (χ1) is 11.8. The fourth-order valence-electron chi connectivity index (χ4n) is 2.82. The van der Waals surface area contributed by atoms with Gasteiger partial charge < -0.3 is 16.0 Å². The molecule has 0 spiro atoms. The minimum Gasteiger partial charge on any atom is -0.370 e. The zero-order valence-corrected chi connectivity index (χ0v) is 14.9. The molecule has 1 aliphatic rings. The van der Waals surface area contributed by atoms with Gasteiger partial charge in [-0.15, -0.1) is 0 Å². The number of nitrogens with one attached hydrogen (secondary N) is 1. The second-order valence-corrected chi connectivity index (χ2v) is 6.81. The Morgan fingerprint density at radius 1 is 1.32 bits per heavy atom. The number of carbonyl (C=O) groups is 3. The predicted molar refractivity (Wildman–Crippen MR) is 90.9 cm³/mol. The van der Waals surface area contributed by atoms with Crippen LogP contribution in [0.15, 0.2) is 6.20 Å². The Balaban J connectivity index is 2.07. The second kappa shape index (κ2) is 8.04. The summed E-state index contributed by atoms with van der Waals surface area (Å²) in [5, 5.41) is 2.60. The molecule has 2 heterocycles. The van der Waals surface area contributed by atoms with Crippen LogP contribution in [0.1, 0.15) is 50.7 Å². The highest BCUT2D eigenvalue weighted by atomic mass is 16.2. The lowest BCUT2D eigenvalue weighted by molar-refractivity contribution is -0.137. The van der Waals surface area contributed by atoms with E-state index >= 15 is 0 Å². The fraction of sp³-hybridized carbons (Fsp3) is 0.588. The number of nitrogens with two attached hydrogens (primary N) is 1. The maximum atomic E-state index is 12.7. The molecule has 0 saturated carbocycles. The van der Waals surface area contributed by atoms with Gasteiger partial charge >= 0.3 is 0 Å². The van der Waals surface area contributed by atoms with E-state index in [1.165, 1.54) is 6.92 Å². The molecule has 8 heteroatoms. The molecule has 136 valence electrons. The number of hydrogen-bond acceptors (Lipinski definition) is 5. The third-order valence-corrected chi connectivity index (χ3v) is 3.96. The van der Waals surface area contributed by atoms with Gasteiger partial charge in [0.1, 0.15) is 11.9 Å². The van der Waals surface area contributed by atoms with E-state index in [1.54, 1.807) is 11.1 Å². The normalized spacial score (nSPS) is 14.3. The molecule has 2 rings (SSSR count). The van der Waals surface area contributed by atoms with E-state index in [9.17, 15) is 14.4 Å². The molecular weight excluding hydrogens is 322 g/mol. The number of rotatable bonds is 7. The first-order valence-corrected chi connectivity index (χ1v) is 8.44. The quantitative estimate of drug-likeness (QED) is 0.735. The Morgan fingerprint density at radius 3 is 2.64 bits per heavy atom. The maximum Gasteiger partial charge on any atom is 0.245 e. The van der Waals surface area contributed by atoms with Crippen molar-refractivity contribution in [3.05, 3.63) is 23.3 Å². The van der Waals surface area contributed by atoms with E-state index in [2.05, 4.69) is 29.1 Å². The number of fused-ring (bicyclic) bond motifs is 1. The number of nitrogens with zero attached hydrogens (tertiary/aromatic N) is 3. The van der Waals surface area contributed by atoms with Crippen molar-refractivity contribution in [3.63, 3.8) is 0 Å². The molecular formula is C17H25N5O3. The van der Waals surface area contributed by atoms with Gasteiger partial charge in [-0.25, -0.2) is 9.97 Å². The van der Waals surface area contributed by atoms with Crippen LogP contribution in [0.4, 0.5) is 0 Å². The topological polar surface area (TPSA) is 118 Å². The van der Waals surface area contributed by atoms with E-state index in [-0.39, 0.29) is 24.7 Å². The number of hydrogen-bond donors (Lipinski definition) is 2. The first-order valence-electron chi connectivity index (χ1n) is 8.44. The van der Waals surface area contributed by atoms with Crippen LogP contribution in [0, 0.1) is 5.92 Å². The largest absolute Gasteiger partial charge is 0.370 e. The summed E-state index contributed by atoms with van der Waals surface area (Å²) in [7, 11) is 0. The Morgan fingerprint density at radius 2 is 2.04 bits per heavy atom. The van der Waals surface area contributed by atoms with Gasteiger partial charge in [-0.1, -0.05) is 13.8 Å². The smallest absolute Gasteiger partial charge is 0.245 e. The van der Waals surface area contributed by atoms with Crippen molar-refractivity contribution in [1.29, 1.82) is 0 Å². The van der Waals surface area contributed by atoms with Crippen LogP contribution in [0.3, 0.4) is 0 Å². The van der Waals surface area contributed by atoms with Crippen LogP contribution in [-0.2, 0) is 33.9 Å². The number of primary amides is 1. The van der Waals surface area contributed by atoms with Crippen LogP contribution in [0.5, 0.6) is 0 Å². The average Bonchev–Trinajstić information content (AvgIpc) is 2.92. The molecule has 8 nitrogen and oxygen atoms in total. The molecule has 0 bridgehead atoms. The van der Waals surface area contributed by atoms with E-state index < -0.39 is 11.9 Å². The molecule has 0 saturated heterocycles. The number of aromatic nitrogens is 2. The molecule has 0 aromatic carbocycles. The minimum absolute atomic E-state index is 0.0375. The van der Waals surface area contributed by atoms with Gasteiger partial charge in [0.15, 0.2) is 0 Å². The molecule has 3 N–H and O–H groups in total. The molecule has 1 aliphatic heterocycles. The molecule has 1 atom stereocenters. The molecule has 1 aromatic rings. The van der Waals surface area contributed by atoms with Gasteiger partial charge in [0.25, 0.3) is 0 Å². The van der Waals surface area contributed by atoms with Crippen LogP contribution >= 0.6 is 0 Å². The Labute approximate surface area is 147 Å². The third-order valence-electron chi connectivity index (χ3n) is 3.96. The molecule has 0 unspecified atom stereocenters. The minimum atomic E-state index is -0.762. The average molecular weight is 347 g/mol. The van der Waals surface area contributed by atoms with Crippen molar-refractivity contribution < 1.29 is 14.4 Å². The van der Waals surface area contributed by atoms with Crippen molar-refractivity contribution in [3.8, 4) is 0 Å². The summed E-state index contributed by atoms with van der Waals surface area (Å²) in [5.74, 6) is 0.167. The van der Waals surface area contributed by atoms with Crippen molar-refractivity contribution >= 4 is 17.7 Å². The van der Waals surface area contributed by atoms with Crippen LogP contribution in [0.2, 0.25) is 0 Å². The van der Waals surface area contributed by atoms with E-state index in [0.29, 0.717) is 19.0 Å². The maximum absolute atomic E-state index is 12.7. The predicted octanol–water partition coefficient (Wildman–Crippen LogP) is 0.288. The lowest BCUT2D eigenvalue weighted by Gasteiger charge is -2.23. The van der Waals surface area contributed by atoms with Gasteiger partial charge in [0.2, 0.25) is 17.7 Å². The molecule has 0 aliphatic carbocycles. The lowest BCUT2D eigenvalue weighted by Crippen LogP contribution is -2.46. The molecule has 0 fully saturated rings. The number of amides is 3. The van der Waals surface area contributed by atoms with Gasteiger partial charge in [0.05, 0.1) is 12.2 Å². The van der Waals surface area contributed by atoms with Crippen molar-refractivity contribution in [2.75, 3.05) is 0 Å². The van der Waals surface area contributed by atoms with Crippen molar-refractivity contribution in [1.82, 2.24) is 20.2 Å². The first kappa shape index (κ1) is 18.8. The van der Waals surface area contributed by atoms with Gasteiger partial charge in [-0.05, 0) is 12.3 Å². The monoisotopic (exact) mass is 347 g/mol. The summed E-state index contributed by atoms with van der Waals surface area (Å²) in [4.78, 5) is 45.6. The third kappa shape index (κ3) is 5.23. The highest BCUT2D eigenvalue weighted by Gasteiger charge is 2.31. The van der Waals surface area contributed by atoms with Crippen molar-refractivity contribution in [2.45, 2.75) is 59.2 Å². The summed E-state index contributed by atoms with van der Waals surface area (Å²) in [6, 6.07) is -0.762. The highest BCUT2D eigenvalue weighted by molar-refractivity contribution is 5.87. The van der Waals surface area contributed by atoms with Gasteiger partial charge in [0, 0.05) is 38.1 Å². The Bertz CT molecular complexity index is 674. The molecule has 25 heavy (non-hydrogen) atoms. The van der Waals surface area contributed by atoms with E-state index in [0.717, 1.165) is 23.5 Å². The van der Waals surface area contributed by atoms with Crippen molar-refractivity contribution in [2.24, 2.45) is 11.7 Å². The lowest BCUT2D eigenvalue weighted by atomic mass is 10.1. The summed E-state index contributed by atoms with van der Waals surface area (Å²) >= 11 is 0. The summed E-state index contributed by atoms with van der Waals surface area (Å²) in [6.07, 6.45) is 2.78.